The molecule has 1 saturated heterocycles. The van der Waals surface area contributed by atoms with E-state index < -0.39 is 0 Å². The Morgan fingerprint density at radius 3 is 2.52 bits per heavy atom. The molecule has 3 heteroatoms. The molecular formula is C18H34N2O. The van der Waals surface area contributed by atoms with E-state index in [0.29, 0.717) is 18.1 Å². The zero-order valence-corrected chi connectivity index (χ0v) is 13.9. The van der Waals surface area contributed by atoms with Gasteiger partial charge in [0.1, 0.15) is 0 Å². The molecule has 0 aromatic rings. The molecule has 0 aromatic heterocycles. The molecule has 3 fully saturated rings. The van der Waals surface area contributed by atoms with E-state index in [9.17, 15) is 0 Å². The zero-order valence-electron chi connectivity index (χ0n) is 13.9. The fourth-order valence-corrected chi connectivity index (χ4v) is 5.09. The third-order valence-electron chi connectivity index (χ3n) is 6.33. The van der Waals surface area contributed by atoms with Crippen molar-refractivity contribution in [1.29, 1.82) is 0 Å². The molecule has 2 saturated carbocycles. The first kappa shape index (κ1) is 15.8. The van der Waals surface area contributed by atoms with Crippen LogP contribution in [0.1, 0.15) is 70.6 Å². The molecule has 3 rings (SSSR count). The minimum absolute atomic E-state index is 0.267. The van der Waals surface area contributed by atoms with Crippen LogP contribution in [0.4, 0.5) is 0 Å². The first-order valence-corrected chi connectivity index (χ1v) is 9.30. The van der Waals surface area contributed by atoms with Gasteiger partial charge in [-0.3, -0.25) is 0 Å². The summed E-state index contributed by atoms with van der Waals surface area (Å²) in [4.78, 5) is 2.57. The largest absolute Gasteiger partial charge is 0.370 e. The van der Waals surface area contributed by atoms with Gasteiger partial charge < -0.3 is 15.4 Å². The normalized spacial score (nSPS) is 36.4. The summed E-state index contributed by atoms with van der Waals surface area (Å²) in [7, 11) is 2.30. The van der Waals surface area contributed by atoms with Crippen LogP contribution in [0.5, 0.6) is 0 Å². The van der Waals surface area contributed by atoms with E-state index >= 15 is 0 Å². The van der Waals surface area contributed by atoms with Crippen LogP contribution in [-0.4, -0.2) is 42.8 Å². The van der Waals surface area contributed by atoms with Gasteiger partial charge >= 0.3 is 0 Å². The Kier molecular flexibility index (Phi) is 5.23. The molecule has 1 aliphatic heterocycles. The highest BCUT2D eigenvalue weighted by molar-refractivity contribution is 4.93. The first-order valence-electron chi connectivity index (χ1n) is 9.30. The highest BCUT2D eigenvalue weighted by Crippen LogP contribution is 2.42. The molecule has 3 aliphatic rings. The fraction of sp³-hybridized carbons (Fsp3) is 1.00. The molecule has 3 unspecified atom stereocenters. The van der Waals surface area contributed by atoms with Gasteiger partial charge in [0.2, 0.25) is 0 Å². The molecular weight excluding hydrogens is 260 g/mol. The molecule has 2 aliphatic carbocycles. The van der Waals surface area contributed by atoms with Crippen molar-refractivity contribution >= 4 is 0 Å². The maximum Gasteiger partial charge on any atom is 0.0710 e. The van der Waals surface area contributed by atoms with Gasteiger partial charge in [-0.05, 0) is 58.0 Å². The van der Waals surface area contributed by atoms with E-state index in [2.05, 4.69) is 11.9 Å². The van der Waals surface area contributed by atoms with Crippen LogP contribution in [0.25, 0.3) is 0 Å². The van der Waals surface area contributed by atoms with Crippen LogP contribution in [0.3, 0.4) is 0 Å². The molecule has 122 valence electrons. The highest BCUT2D eigenvalue weighted by atomic mass is 16.5. The summed E-state index contributed by atoms with van der Waals surface area (Å²) in [5.74, 6) is 0.703. The summed E-state index contributed by atoms with van der Waals surface area (Å²) in [6, 6.07) is 0.690. The molecule has 0 bridgehead atoms. The van der Waals surface area contributed by atoms with Gasteiger partial charge in [-0.15, -0.1) is 0 Å². The van der Waals surface area contributed by atoms with Crippen molar-refractivity contribution in [3.63, 3.8) is 0 Å². The Labute approximate surface area is 130 Å². The minimum Gasteiger partial charge on any atom is -0.370 e. The molecule has 0 radical (unpaired) electrons. The van der Waals surface area contributed by atoms with Crippen LogP contribution in [0.15, 0.2) is 0 Å². The van der Waals surface area contributed by atoms with Crippen LogP contribution in [0.2, 0.25) is 0 Å². The Morgan fingerprint density at radius 1 is 1.00 bits per heavy atom. The maximum atomic E-state index is 6.55. The number of ether oxygens (including phenoxy) is 1. The predicted molar refractivity (Wildman–Crippen MR) is 87.4 cm³/mol. The summed E-state index contributed by atoms with van der Waals surface area (Å²) in [6.07, 6.45) is 15.2. The Balaban J connectivity index is 1.52. The number of hydrogen-bond donors (Lipinski definition) is 1. The van der Waals surface area contributed by atoms with E-state index in [4.69, 9.17) is 10.5 Å². The first-order chi connectivity index (χ1) is 10.2. The minimum atomic E-state index is 0.267. The van der Waals surface area contributed by atoms with E-state index in [1.807, 2.05) is 0 Å². The number of nitrogens with two attached hydrogens (primary N) is 1. The third-order valence-corrected chi connectivity index (χ3v) is 6.33. The van der Waals surface area contributed by atoms with Crippen LogP contribution >= 0.6 is 0 Å². The Morgan fingerprint density at radius 2 is 1.76 bits per heavy atom. The molecule has 21 heavy (non-hydrogen) atoms. The monoisotopic (exact) mass is 294 g/mol. The number of rotatable bonds is 4. The van der Waals surface area contributed by atoms with Gasteiger partial charge in [0.05, 0.1) is 11.7 Å². The zero-order chi connectivity index (χ0) is 14.7. The molecule has 2 N–H and O–H groups in total. The second kappa shape index (κ2) is 6.97. The number of hydrogen-bond acceptors (Lipinski definition) is 3. The topological polar surface area (TPSA) is 38.5 Å². The predicted octanol–water partition coefficient (Wildman–Crippen LogP) is 3.32. The Hall–Kier alpha value is -0.120. The molecule has 3 nitrogen and oxygen atoms in total. The molecule has 0 aromatic carbocycles. The van der Waals surface area contributed by atoms with E-state index in [1.54, 1.807) is 0 Å². The molecule has 1 heterocycles. The van der Waals surface area contributed by atoms with Gasteiger partial charge in [-0.2, -0.15) is 0 Å². The lowest BCUT2D eigenvalue weighted by molar-refractivity contribution is -0.0752. The van der Waals surface area contributed by atoms with Gasteiger partial charge in [0, 0.05) is 12.6 Å². The van der Waals surface area contributed by atoms with Crippen molar-refractivity contribution in [1.82, 2.24) is 4.90 Å². The van der Waals surface area contributed by atoms with Gasteiger partial charge in [0.15, 0.2) is 0 Å². The van der Waals surface area contributed by atoms with Crippen molar-refractivity contribution in [2.24, 2.45) is 11.7 Å². The molecule has 3 atom stereocenters. The lowest BCUT2D eigenvalue weighted by Gasteiger charge is -2.39. The fourth-order valence-electron chi connectivity index (χ4n) is 5.09. The van der Waals surface area contributed by atoms with Crippen LogP contribution in [0, 0.1) is 5.92 Å². The van der Waals surface area contributed by atoms with Gasteiger partial charge in [-0.25, -0.2) is 0 Å². The molecule has 1 spiro atoms. The maximum absolute atomic E-state index is 6.55. The van der Waals surface area contributed by atoms with Crippen molar-refractivity contribution in [2.75, 3.05) is 20.1 Å². The standard InChI is InChI=1S/C18H34N2O/c1-20(17-8-4-3-7-15(17)13-19)14-16-9-12-18(21-16)10-5-2-6-11-18/h15-17H,2-14,19H2,1H3. The van der Waals surface area contributed by atoms with Crippen LogP contribution < -0.4 is 5.73 Å². The smallest absolute Gasteiger partial charge is 0.0710 e. The van der Waals surface area contributed by atoms with Crippen LogP contribution in [-0.2, 0) is 4.74 Å². The third kappa shape index (κ3) is 3.62. The van der Waals surface area contributed by atoms with Gasteiger partial charge in [-0.1, -0.05) is 32.1 Å². The van der Waals surface area contributed by atoms with E-state index in [-0.39, 0.29) is 5.60 Å². The summed E-state index contributed by atoms with van der Waals surface area (Å²) in [5.41, 5.74) is 6.26. The Bertz CT molecular complexity index is 327. The lowest BCUT2D eigenvalue weighted by Crippen LogP contribution is -2.46. The average Bonchev–Trinajstić information content (AvgIpc) is 2.90. The quantitative estimate of drug-likeness (QED) is 0.864. The lowest BCUT2D eigenvalue weighted by atomic mass is 9.83. The second-order valence-corrected chi connectivity index (χ2v) is 7.81. The van der Waals surface area contributed by atoms with Crippen molar-refractivity contribution in [3.05, 3.63) is 0 Å². The average molecular weight is 294 g/mol. The number of nitrogens with zero attached hydrogens (tertiary/aromatic N) is 1. The SMILES string of the molecule is CN(CC1CCC2(CCCCC2)O1)C1CCCCC1CN. The van der Waals surface area contributed by atoms with E-state index in [1.165, 1.54) is 70.6 Å². The molecule has 0 amide bonds. The van der Waals surface area contributed by atoms with Crippen molar-refractivity contribution in [3.8, 4) is 0 Å². The summed E-state index contributed by atoms with van der Waals surface area (Å²) in [6.45, 7) is 1.97. The summed E-state index contributed by atoms with van der Waals surface area (Å²) in [5, 5.41) is 0. The highest BCUT2D eigenvalue weighted by Gasteiger charge is 2.41. The summed E-state index contributed by atoms with van der Waals surface area (Å²) < 4.78 is 6.55. The second-order valence-electron chi connectivity index (χ2n) is 7.81. The van der Waals surface area contributed by atoms with Crippen molar-refractivity contribution in [2.45, 2.75) is 88.4 Å². The van der Waals surface area contributed by atoms with Gasteiger partial charge in [0.25, 0.3) is 0 Å². The number of likely N-dealkylation sites (N-methyl/N-ethyl adjacent to an activating group) is 1. The van der Waals surface area contributed by atoms with Crippen molar-refractivity contribution < 1.29 is 4.74 Å². The summed E-state index contributed by atoms with van der Waals surface area (Å²) >= 11 is 0. The van der Waals surface area contributed by atoms with E-state index in [0.717, 1.165) is 13.1 Å².